The number of aromatic amines is 1. The van der Waals surface area contributed by atoms with E-state index >= 15 is 0 Å². The lowest BCUT2D eigenvalue weighted by Crippen LogP contribution is -2.17. The average molecular weight is 286 g/mol. The van der Waals surface area contributed by atoms with Crippen LogP contribution in [0.25, 0.3) is 0 Å². The summed E-state index contributed by atoms with van der Waals surface area (Å²) < 4.78 is 0. The van der Waals surface area contributed by atoms with Crippen LogP contribution in [0.2, 0.25) is 0 Å². The molecule has 1 aromatic heterocycles. The molecule has 1 unspecified atom stereocenters. The molecule has 0 amide bonds. The first-order valence-electron chi connectivity index (χ1n) is 6.95. The van der Waals surface area contributed by atoms with Crippen LogP contribution in [0.1, 0.15) is 35.3 Å². The van der Waals surface area contributed by atoms with Gasteiger partial charge >= 0.3 is 5.97 Å². The first-order chi connectivity index (χ1) is 10.2. The standard InChI is InChI=1S/C16H18N2O3/c19-15(14-10-17-11-18-14)8-4-7-13(16(20)21)9-12-5-2-1-3-6-12/h1-3,5-6,10-11,13H,4,7-9H2,(H,17,18)(H,20,21). The van der Waals surface area contributed by atoms with Crippen LogP contribution in [0.15, 0.2) is 42.9 Å². The summed E-state index contributed by atoms with van der Waals surface area (Å²) in [6.07, 6.45) is 4.82. The molecule has 1 heterocycles. The molecule has 0 aliphatic rings. The van der Waals surface area contributed by atoms with Crippen LogP contribution in [0.4, 0.5) is 0 Å². The van der Waals surface area contributed by atoms with Crippen molar-refractivity contribution < 1.29 is 14.7 Å². The van der Waals surface area contributed by atoms with Crippen LogP contribution in [0.3, 0.4) is 0 Å². The molecular formula is C16H18N2O3. The Labute approximate surface area is 123 Å². The van der Waals surface area contributed by atoms with E-state index in [4.69, 9.17) is 0 Å². The summed E-state index contributed by atoms with van der Waals surface area (Å²) in [5.74, 6) is -1.30. The molecule has 0 aliphatic heterocycles. The highest BCUT2D eigenvalue weighted by molar-refractivity contribution is 5.93. The maximum atomic E-state index is 11.8. The SMILES string of the molecule is O=C(CCCC(Cc1ccccc1)C(=O)O)c1cnc[nH]1. The van der Waals surface area contributed by atoms with Gasteiger partial charge < -0.3 is 10.1 Å². The zero-order valence-corrected chi connectivity index (χ0v) is 11.7. The number of Topliss-reactive ketones (excluding diaryl/α,β-unsaturated/α-hetero) is 1. The lowest BCUT2D eigenvalue weighted by atomic mass is 9.93. The van der Waals surface area contributed by atoms with Crippen LogP contribution in [-0.2, 0) is 11.2 Å². The van der Waals surface area contributed by atoms with Crippen molar-refractivity contribution in [2.24, 2.45) is 5.92 Å². The zero-order valence-electron chi connectivity index (χ0n) is 11.7. The first-order valence-corrected chi connectivity index (χ1v) is 6.95. The van der Waals surface area contributed by atoms with Crippen molar-refractivity contribution in [1.29, 1.82) is 0 Å². The van der Waals surface area contributed by atoms with Crippen LogP contribution in [-0.4, -0.2) is 26.8 Å². The molecule has 0 saturated carbocycles. The molecule has 1 atom stereocenters. The van der Waals surface area contributed by atoms with Crippen molar-refractivity contribution >= 4 is 11.8 Å². The first kappa shape index (κ1) is 15.0. The van der Waals surface area contributed by atoms with E-state index in [1.54, 1.807) is 0 Å². The van der Waals surface area contributed by atoms with Crippen LogP contribution in [0.5, 0.6) is 0 Å². The number of aromatic nitrogens is 2. The van der Waals surface area contributed by atoms with Gasteiger partial charge in [-0.1, -0.05) is 30.3 Å². The summed E-state index contributed by atoms with van der Waals surface area (Å²) in [5, 5.41) is 9.28. The molecule has 5 nitrogen and oxygen atoms in total. The second kappa shape index (κ2) is 7.38. The molecule has 21 heavy (non-hydrogen) atoms. The fourth-order valence-corrected chi connectivity index (χ4v) is 2.26. The third-order valence-corrected chi connectivity index (χ3v) is 3.43. The molecule has 1 aromatic carbocycles. The van der Waals surface area contributed by atoms with Gasteiger partial charge in [0.15, 0.2) is 5.78 Å². The van der Waals surface area contributed by atoms with Crippen molar-refractivity contribution in [3.8, 4) is 0 Å². The minimum Gasteiger partial charge on any atom is -0.481 e. The number of aliphatic carboxylic acids is 1. The lowest BCUT2D eigenvalue weighted by Gasteiger charge is -2.11. The Morgan fingerprint density at radius 3 is 2.62 bits per heavy atom. The van der Waals surface area contributed by atoms with E-state index in [0.29, 0.717) is 31.4 Å². The van der Waals surface area contributed by atoms with E-state index < -0.39 is 11.9 Å². The Hall–Kier alpha value is -2.43. The van der Waals surface area contributed by atoms with Gasteiger partial charge in [0, 0.05) is 6.42 Å². The van der Waals surface area contributed by atoms with Crippen LogP contribution < -0.4 is 0 Å². The van der Waals surface area contributed by atoms with Gasteiger partial charge in [-0.3, -0.25) is 9.59 Å². The second-order valence-corrected chi connectivity index (χ2v) is 5.01. The summed E-state index contributed by atoms with van der Waals surface area (Å²) in [6.45, 7) is 0. The second-order valence-electron chi connectivity index (χ2n) is 5.01. The highest BCUT2D eigenvalue weighted by atomic mass is 16.4. The lowest BCUT2D eigenvalue weighted by molar-refractivity contribution is -0.142. The number of nitrogens with zero attached hydrogens (tertiary/aromatic N) is 1. The van der Waals surface area contributed by atoms with E-state index in [1.807, 2.05) is 30.3 Å². The van der Waals surface area contributed by atoms with Crippen LogP contribution >= 0.6 is 0 Å². The molecule has 0 bridgehead atoms. The Morgan fingerprint density at radius 2 is 2.00 bits per heavy atom. The van der Waals surface area contributed by atoms with Crippen molar-refractivity contribution in [2.75, 3.05) is 0 Å². The normalized spacial score (nSPS) is 12.0. The number of imidazole rings is 1. The summed E-state index contributed by atoms with van der Waals surface area (Å²) in [4.78, 5) is 29.7. The summed E-state index contributed by atoms with van der Waals surface area (Å²) in [5.41, 5.74) is 1.48. The number of rotatable bonds is 8. The zero-order chi connectivity index (χ0) is 15.1. The number of hydrogen-bond donors (Lipinski definition) is 2. The predicted molar refractivity (Wildman–Crippen MR) is 78.0 cm³/mol. The molecule has 2 N–H and O–H groups in total. The topological polar surface area (TPSA) is 83.1 Å². The molecule has 0 saturated heterocycles. The van der Waals surface area contributed by atoms with Crippen molar-refractivity contribution in [1.82, 2.24) is 9.97 Å². The van der Waals surface area contributed by atoms with Crippen molar-refractivity contribution in [3.63, 3.8) is 0 Å². The van der Waals surface area contributed by atoms with E-state index in [9.17, 15) is 14.7 Å². The third-order valence-electron chi connectivity index (χ3n) is 3.43. The van der Waals surface area contributed by atoms with E-state index in [1.165, 1.54) is 12.5 Å². The summed E-state index contributed by atoms with van der Waals surface area (Å²) in [6, 6.07) is 9.55. The Bertz CT molecular complexity index is 579. The van der Waals surface area contributed by atoms with Gasteiger partial charge in [0.2, 0.25) is 0 Å². The fraction of sp³-hybridized carbons (Fsp3) is 0.312. The number of carboxylic acids is 1. The van der Waals surface area contributed by atoms with Gasteiger partial charge in [0.05, 0.1) is 18.4 Å². The molecular weight excluding hydrogens is 268 g/mol. The number of nitrogens with one attached hydrogen (secondary N) is 1. The van der Waals surface area contributed by atoms with Gasteiger partial charge in [0.1, 0.15) is 5.69 Å². The molecule has 0 spiro atoms. The van der Waals surface area contributed by atoms with E-state index in [2.05, 4.69) is 9.97 Å². The highest BCUT2D eigenvalue weighted by Gasteiger charge is 2.18. The number of carboxylic acid groups (broad SMARTS) is 1. The van der Waals surface area contributed by atoms with Gasteiger partial charge in [-0.2, -0.15) is 0 Å². The number of carbonyl (C=O) groups excluding carboxylic acids is 1. The van der Waals surface area contributed by atoms with E-state index in [-0.39, 0.29) is 5.78 Å². The van der Waals surface area contributed by atoms with Crippen molar-refractivity contribution in [2.45, 2.75) is 25.7 Å². The summed E-state index contributed by atoms with van der Waals surface area (Å²) in [7, 11) is 0. The van der Waals surface area contributed by atoms with Gasteiger partial charge in [-0.15, -0.1) is 0 Å². The molecule has 2 aromatic rings. The molecule has 2 rings (SSSR count). The molecule has 0 radical (unpaired) electrons. The Morgan fingerprint density at radius 1 is 1.24 bits per heavy atom. The fourth-order valence-electron chi connectivity index (χ4n) is 2.26. The smallest absolute Gasteiger partial charge is 0.306 e. The minimum absolute atomic E-state index is 0.0312. The number of hydrogen-bond acceptors (Lipinski definition) is 3. The molecule has 110 valence electrons. The number of carbonyl (C=O) groups is 2. The number of benzene rings is 1. The highest BCUT2D eigenvalue weighted by Crippen LogP contribution is 2.16. The minimum atomic E-state index is -0.812. The van der Waals surface area contributed by atoms with Gasteiger partial charge in [0.25, 0.3) is 0 Å². The maximum Gasteiger partial charge on any atom is 0.306 e. The van der Waals surface area contributed by atoms with Crippen molar-refractivity contribution in [3.05, 3.63) is 54.1 Å². The van der Waals surface area contributed by atoms with Gasteiger partial charge in [-0.05, 0) is 24.8 Å². The Balaban J connectivity index is 1.83. The average Bonchev–Trinajstić information content (AvgIpc) is 3.01. The largest absolute Gasteiger partial charge is 0.481 e. The molecule has 0 aliphatic carbocycles. The summed E-state index contributed by atoms with van der Waals surface area (Å²) >= 11 is 0. The van der Waals surface area contributed by atoms with Crippen LogP contribution in [0, 0.1) is 5.92 Å². The molecule has 0 fully saturated rings. The third kappa shape index (κ3) is 4.56. The molecule has 5 heteroatoms. The number of H-pyrrole nitrogens is 1. The number of ketones is 1. The van der Waals surface area contributed by atoms with E-state index in [0.717, 1.165) is 5.56 Å². The predicted octanol–water partition coefficient (Wildman–Crippen LogP) is 2.71. The maximum absolute atomic E-state index is 11.8. The monoisotopic (exact) mass is 286 g/mol. The quantitative estimate of drug-likeness (QED) is 0.731. The Kier molecular flexibility index (Phi) is 5.26. The van der Waals surface area contributed by atoms with Gasteiger partial charge in [-0.25, -0.2) is 4.98 Å².